The number of H-pyrrole nitrogens is 1. The maximum absolute atomic E-state index is 11.9. The Morgan fingerprint density at radius 3 is 2.82 bits per heavy atom. The van der Waals surface area contributed by atoms with E-state index in [0.29, 0.717) is 9.58 Å². The highest BCUT2D eigenvalue weighted by atomic mass is 16.5. The summed E-state index contributed by atoms with van der Waals surface area (Å²) in [5.74, 6) is -0.382. The molecule has 3 heterocycles. The van der Waals surface area contributed by atoms with E-state index < -0.39 is 0 Å². The zero-order valence-electron chi connectivity index (χ0n) is 11.2. The second-order valence-corrected chi connectivity index (χ2v) is 4.83. The first-order chi connectivity index (χ1) is 10.6. The fourth-order valence-electron chi connectivity index (χ4n) is 2.54. The van der Waals surface area contributed by atoms with Crippen LogP contribution in [0.3, 0.4) is 0 Å². The number of fused-ring (bicyclic) bond motifs is 2. The number of nitrogens with two attached hydrogens (primary N) is 1. The number of aromatic amines is 1. The lowest BCUT2D eigenvalue weighted by molar-refractivity contribution is -0.671. The van der Waals surface area contributed by atoms with E-state index in [-0.39, 0.29) is 17.0 Å². The van der Waals surface area contributed by atoms with Crippen molar-refractivity contribution in [2.24, 2.45) is 0 Å². The van der Waals surface area contributed by atoms with Crippen LogP contribution in [0.15, 0.2) is 42.7 Å². The maximum atomic E-state index is 11.9. The third-order valence-corrected chi connectivity index (χ3v) is 3.57. The van der Waals surface area contributed by atoms with Gasteiger partial charge in [-0.3, -0.25) is 5.73 Å². The van der Waals surface area contributed by atoms with Gasteiger partial charge in [-0.05, 0) is 29.3 Å². The highest BCUT2D eigenvalue weighted by molar-refractivity contribution is 5.94. The molecule has 0 aliphatic rings. The van der Waals surface area contributed by atoms with Crippen molar-refractivity contribution in [3.05, 3.63) is 53.1 Å². The Bertz CT molecular complexity index is 1030. The molecular formula is C14H10N6O2. The Kier molecular flexibility index (Phi) is 2.40. The van der Waals surface area contributed by atoms with Crippen molar-refractivity contribution in [3.63, 3.8) is 0 Å². The Morgan fingerprint density at radius 1 is 1.09 bits per heavy atom. The van der Waals surface area contributed by atoms with E-state index in [4.69, 9.17) is 5.73 Å². The van der Waals surface area contributed by atoms with Gasteiger partial charge in [0.2, 0.25) is 5.10 Å². The minimum Gasteiger partial charge on any atom is -0.739 e. The molecule has 8 heteroatoms. The van der Waals surface area contributed by atoms with Crippen molar-refractivity contribution < 1.29 is 9.58 Å². The number of anilines is 1. The van der Waals surface area contributed by atoms with E-state index in [1.807, 2.05) is 12.1 Å². The number of hydrogen-bond acceptors (Lipinski definition) is 5. The van der Waals surface area contributed by atoms with Gasteiger partial charge in [-0.1, -0.05) is 6.07 Å². The van der Waals surface area contributed by atoms with E-state index in [0.717, 1.165) is 22.2 Å². The van der Waals surface area contributed by atoms with Gasteiger partial charge >= 0.3 is 5.95 Å². The predicted molar refractivity (Wildman–Crippen MR) is 79.2 cm³/mol. The summed E-state index contributed by atoms with van der Waals surface area (Å²) in [5.41, 5.74) is 8.17. The first kappa shape index (κ1) is 12.3. The summed E-state index contributed by atoms with van der Waals surface area (Å²) in [6.07, 6.45) is 3.47. The highest BCUT2D eigenvalue weighted by Crippen LogP contribution is 2.28. The summed E-state index contributed by atoms with van der Waals surface area (Å²) in [7, 11) is 0. The molecule has 0 fully saturated rings. The number of nitrogen functional groups attached to an aromatic ring is 1. The number of aromatic nitrogens is 5. The Morgan fingerprint density at radius 2 is 1.95 bits per heavy atom. The SMILES string of the molecule is Nc1n[n+]([O-])c2cc(-c3ccnc4[nH]ccc34)ccc2[n+]1[O-]. The second kappa shape index (κ2) is 4.29. The van der Waals surface area contributed by atoms with Crippen LogP contribution in [-0.4, -0.2) is 15.1 Å². The predicted octanol–water partition coefficient (Wildman–Crippen LogP) is 0.627. The molecule has 0 radical (unpaired) electrons. The minimum atomic E-state index is -0.382. The third-order valence-electron chi connectivity index (χ3n) is 3.57. The summed E-state index contributed by atoms with van der Waals surface area (Å²) in [6.45, 7) is 0. The summed E-state index contributed by atoms with van der Waals surface area (Å²) in [5, 5.41) is 28.2. The van der Waals surface area contributed by atoms with Gasteiger partial charge in [-0.2, -0.15) is 0 Å². The van der Waals surface area contributed by atoms with Crippen molar-refractivity contribution in [2.75, 3.05) is 5.73 Å². The van der Waals surface area contributed by atoms with Crippen molar-refractivity contribution in [3.8, 4) is 11.1 Å². The number of nitrogens with one attached hydrogen (secondary N) is 1. The molecular weight excluding hydrogens is 284 g/mol. The van der Waals surface area contributed by atoms with Crippen LogP contribution in [0.4, 0.5) is 5.95 Å². The van der Waals surface area contributed by atoms with Crippen LogP contribution < -0.4 is 15.3 Å². The topological polar surface area (TPSA) is 121 Å². The van der Waals surface area contributed by atoms with E-state index in [2.05, 4.69) is 15.1 Å². The Hall–Kier alpha value is -3.42. The van der Waals surface area contributed by atoms with Crippen molar-refractivity contribution >= 4 is 28.0 Å². The van der Waals surface area contributed by atoms with Crippen LogP contribution in [0.25, 0.3) is 33.2 Å². The molecule has 8 nitrogen and oxygen atoms in total. The van der Waals surface area contributed by atoms with Crippen LogP contribution in [-0.2, 0) is 0 Å². The standard InChI is InChI=1S/C14H10N6O2/c15-14-18-20(22)12-7-8(1-2-11(12)19(14)21)9-3-5-16-13-10(9)4-6-17-13/h1-7H,(H2,15,18)(H,16,17). The largest absolute Gasteiger partial charge is 0.739 e. The summed E-state index contributed by atoms with van der Waals surface area (Å²) < 4.78 is 0.436. The Balaban J connectivity index is 2.03. The van der Waals surface area contributed by atoms with Gasteiger partial charge in [-0.15, -0.1) is 0 Å². The van der Waals surface area contributed by atoms with Crippen LogP contribution in [0.5, 0.6) is 0 Å². The number of pyridine rings is 1. The number of hydrogen-bond donors (Lipinski definition) is 2. The van der Waals surface area contributed by atoms with Crippen LogP contribution in [0.1, 0.15) is 0 Å². The lowest BCUT2D eigenvalue weighted by atomic mass is 10.0. The lowest BCUT2D eigenvalue weighted by Crippen LogP contribution is -2.44. The van der Waals surface area contributed by atoms with Crippen LogP contribution in [0.2, 0.25) is 0 Å². The smallest absolute Gasteiger partial charge is 0.458 e. The van der Waals surface area contributed by atoms with Crippen molar-refractivity contribution in [2.45, 2.75) is 0 Å². The lowest BCUT2D eigenvalue weighted by Gasteiger charge is -2.08. The van der Waals surface area contributed by atoms with Gasteiger partial charge in [0.25, 0.3) is 5.52 Å². The molecule has 4 aromatic rings. The number of benzene rings is 1. The molecule has 4 rings (SSSR count). The van der Waals surface area contributed by atoms with Crippen molar-refractivity contribution in [1.82, 2.24) is 15.1 Å². The fourth-order valence-corrected chi connectivity index (χ4v) is 2.54. The third kappa shape index (κ3) is 1.64. The molecule has 0 unspecified atom stereocenters. The molecule has 22 heavy (non-hydrogen) atoms. The van der Waals surface area contributed by atoms with Gasteiger partial charge in [-0.25, -0.2) is 9.71 Å². The second-order valence-electron chi connectivity index (χ2n) is 4.83. The van der Waals surface area contributed by atoms with Gasteiger partial charge in [0.1, 0.15) is 5.65 Å². The zero-order chi connectivity index (χ0) is 15.3. The Labute approximate surface area is 123 Å². The van der Waals surface area contributed by atoms with Crippen molar-refractivity contribution in [1.29, 1.82) is 0 Å². The average molecular weight is 294 g/mol. The monoisotopic (exact) mass is 294 g/mol. The highest BCUT2D eigenvalue weighted by Gasteiger charge is 2.18. The van der Waals surface area contributed by atoms with E-state index in [9.17, 15) is 10.4 Å². The molecule has 0 amide bonds. The molecule has 0 saturated carbocycles. The number of rotatable bonds is 1. The fraction of sp³-hybridized carbons (Fsp3) is 0. The van der Waals surface area contributed by atoms with Gasteiger partial charge < -0.3 is 15.4 Å². The van der Waals surface area contributed by atoms with E-state index >= 15 is 0 Å². The molecule has 0 atom stereocenters. The summed E-state index contributed by atoms with van der Waals surface area (Å²) in [4.78, 5) is 7.62. The maximum Gasteiger partial charge on any atom is 0.458 e. The number of nitrogens with zero attached hydrogens (tertiary/aromatic N) is 4. The normalized spacial score (nSPS) is 11.3. The molecule has 108 valence electrons. The first-order valence-electron chi connectivity index (χ1n) is 6.50. The summed E-state index contributed by atoms with van der Waals surface area (Å²) >= 11 is 0. The molecule has 0 bridgehead atoms. The van der Waals surface area contributed by atoms with Gasteiger partial charge in [0, 0.05) is 28.7 Å². The summed E-state index contributed by atoms with van der Waals surface area (Å²) in [6, 6.07) is 8.69. The molecule has 0 spiro atoms. The minimum absolute atomic E-state index is 0.155. The van der Waals surface area contributed by atoms with Gasteiger partial charge in [0.15, 0.2) is 5.52 Å². The van der Waals surface area contributed by atoms with Crippen LogP contribution in [0, 0.1) is 10.4 Å². The first-order valence-corrected chi connectivity index (χ1v) is 6.50. The zero-order valence-corrected chi connectivity index (χ0v) is 11.2. The van der Waals surface area contributed by atoms with E-state index in [1.165, 1.54) is 0 Å². The van der Waals surface area contributed by atoms with E-state index in [1.54, 1.807) is 30.6 Å². The van der Waals surface area contributed by atoms with Gasteiger partial charge in [0.05, 0.1) is 0 Å². The molecule has 3 aromatic heterocycles. The molecule has 1 aromatic carbocycles. The molecule has 0 aliphatic carbocycles. The molecule has 0 aliphatic heterocycles. The molecule has 0 saturated heterocycles. The quantitative estimate of drug-likeness (QED) is 0.394. The van der Waals surface area contributed by atoms with Crippen LogP contribution >= 0.6 is 0 Å². The average Bonchev–Trinajstić information content (AvgIpc) is 3.01. The molecule has 3 N–H and O–H groups in total.